The van der Waals surface area contributed by atoms with Crippen LogP contribution in [0.3, 0.4) is 0 Å². The number of aliphatic hydroxyl groups is 1. The smallest absolute Gasteiger partial charge is 0.250 e. The van der Waals surface area contributed by atoms with E-state index in [1.807, 2.05) is 0 Å². The van der Waals surface area contributed by atoms with E-state index in [9.17, 15) is 18.3 Å². The van der Waals surface area contributed by atoms with Crippen LogP contribution in [0.1, 0.15) is 13.3 Å². The van der Waals surface area contributed by atoms with E-state index >= 15 is 0 Å². The topological polar surface area (TPSA) is 86.7 Å². The van der Waals surface area contributed by atoms with Gasteiger partial charge >= 0.3 is 0 Å². The van der Waals surface area contributed by atoms with Crippen molar-refractivity contribution in [1.29, 1.82) is 0 Å². The Morgan fingerprint density at radius 3 is 2.79 bits per heavy atom. The zero-order valence-electron chi connectivity index (χ0n) is 10.5. The summed E-state index contributed by atoms with van der Waals surface area (Å²) in [5.74, 6) is -0.152. The molecule has 106 valence electrons. The SMILES string of the molecule is CC1(O)CN(C(=O)CCNS(=O)(=O)c2cccs2)C1. The standard InChI is InChI=1S/C11H16N2O4S2/c1-11(15)7-13(8-11)9(14)4-5-12-19(16,17)10-3-2-6-18-10/h2-3,6,12,15H,4-5,7-8H2,1H3. The highest BCUT2D eigenvalue weighted by molar-refractivity contribution is 7.91. The van der Waals surface area contributed by atoms with Gasteiger partial charge in [0.2, 0.25) is 15.9 Å². The van der Waals surface area contributed by atoms with Gasteiger partial charge in [0.15, 0.2) is 0 Å². The van der Waals surface area contributed by atoms with Gasteiger partial charge in [-0.1, -0.05) is 6.07 Å². The normalized spacial score (nSPS) is 18.1. The summed E-state index contributed by atoms with van der Waals surface area (Å²) < 4.78 is 26.2. The first-order valence-electron chi connectivity index (χ1n) is 5.83. The number of nitrogens with zero attached hydrogens (tertiary/aromatic N) is 1. The molecule has 0 aliphatic carbocycles. The lowest BCUT2D eigenvalue weighted by Gasteiger charge is -2.44. The second kappa shape index (κ2) is 5.20. The molecule has 0 atom stereocenters. The van der Waals surface area contributed by atoms with Crippen LogP contribution in [-0.2, 0) is 14.8 Å². The summed E-state index contributed by atoms with van der Waals surface area (Å²) in [6.07, 6.45) is 0.0979. The van der Waals surface area contributed by atoms with Crippen LogP contribution in [-0.4, -0.2) is 49.6 Å². The molecule has 0 spiro atoms. The minimum absolute atomic E-state index is 0.0672. The van der Waals surface area contributed by atoms with Gasteiger partial charge in [0.25, 0.3) is 0 Å². The quantitative estimate of drug-likeness (QED) is 0.802. The van der Waals surface area contributed by atoms with Gasteiger partial charge in [-0.2, -0.15) is 0 Å². The summed E-state index contributed by atoms with van der Waals surface area (Å²) in [7, 11) is -3.50. The summed E-state index contributed by atoms with van der Waals surface area (Å²) in [5, 5.41) is 11.2. The van der Waals surface area contributed by atoms with E-state index in [1.165, 1.54) is 11.0 Å². The van der Waals surface area contributed by atoms with Gasteiger partial charge in [-0.05, 0) is 18.4 Å². The Bertz CT molecular complexity index is 543. The zero-order chi connectivity index (χ0) is 14.1. The minimum atomic E-state index is -3.50. The average Bonchev–Trinajstić information content (AvgIpc) is 2.79. The molecule has 0 unspecified atom stereocenters. The predicted octanol–water partition coefficient (Wildman–Crippen LogP) is 0.00970. The van der Waals surface area contributed by atoms with Gasteiger partial charge in [-0.3, -0.25) is 4.79 Å². The van der Waals surface area contributed by atoms with E-state index in [0.29, 0.717) is 13.1 Å². The van der Waals surface area contributed by atoms with Crippen molar-refractivity contribution >= 4 is 27.3 Å². The van der Waals surface area contributed by atoms with Crippen molar-refractivity contribution in [2.24, 2.45) is 0 Å². The number of amides is 1. The second-order valence-electron chi connectivity index (χ2n) is 4.83. The van der Waals surface area contributed by atoms with Gasteiger partial charge in [0, 0.05) is 13.0 Å². The number of hydrogen-bond donors (Lipinski definition) is 2. The Labute approximate surface area is 116 Å². The van der Waals surface area contributed by atoms with Gasteiger partial charge < -0.3 is 10.0 Å². The number of β-amino-alcohol motifs (C(OH)–C–C–N with tert-alkyl or cyclic N) is 1. The van der Waals surface area contributed by atoms with E-state index < -0.39 is 15.6 Å². The van der Waals surface area contributed by atoms with Crippen LogP contribution in [0.5, 0.6) is 0 Å². The molecule has 1 fully saturated rings. The first-order chi connectivity index (χ1) is 8.80. The van der Waals surface area contributed by atoms with Gasteiger partial charge in [-0.25, -0.2) is 13.1 Å². The largest absolute Gasteiger partial charge is 0.386 e. The molecule has 6 nitrogen and oxygen atoms in total. The van der Waals surface area contributed by atoms with Crippen LogP contribution in [0.4, 0.5) is 0 Å². The summed E-state index contributed by atoms with van der Waals surface area (Å²) >= 11 is 1.13. The fourth-order valence-electron chi connectivity index (χ4n) is 1.89. The summed E-state index contributed by atoms with van der Waals surface area (Å²) in [5.41, 5.74) is -0.799. The molecule has 0 saturated carbocycles. The first kappa shape index (κ1) is 14.4. The van der Waals surface area contributed by atoms with Crippen LogP contribution >= 0.6 is 11.3 Å². The Morgan fingerprint density at radius 1 is 1.58 bits per heavy atom. The van der Waals surface area contributed by atoms with Crippen molar-refractivity contribution in [3.05, 3.63) is 17.5 Å². The molecule has 1 aliphatic heterocycles. The lowest BCUT2D eigenvalue weighted by atomic mass is 9.97. The van der Waals surface area contributed by atoms with Crippen molar-refractivity contribution in [3.8, 4) is 0 Å². The molecule has 2 N–H and O–H groups in total. The summed E-state index contributed by atoms with van der Waals surface area (Å²) in [6.45, 7) is 2.35. The molecule has 1 aromatic heterocycles. The molecule has 1 saturated heterocycles. The Balaban J connectivity index is 1.77. The minimum Gasteiger partial charge on any atom is -0.386 e. The molecule has 1 aromatic rings. The van der Waals surface area contributed by atoms with Crippen molar-refractivity contribution in [2.75, 3.05) is 19.6 Å². The van der Waals surface area contributed by atoms with Crippen LogP contribution in [0.25, 0.3) is 0 Å². The number of likely N-dealkylation sites (tertiary alicyclic amines) is 1. The van der Waals surface area contributed by atoms with Crippen LogP contribution in [0.15, 0.2) is 21.7 Å². The number of thiophene rings is 1. The first-order valence-corrected chi connectivity index (χ1v) is 8.20. The highest BCUT2D eigenvalue weighted by Crippen LogP contribution is 2.20. The molecular formula is C11H16N2O4S2. The molecule has 1 aliphatic rings. The molecule has 2 rings (SSSR count). The number of carbonyl (C=O) groups excluding carboxylic acids is 1. The van der Waals surface area contributed by atoms with Crippen LogP contribution < -0.4 is 4.72 Å². The van der Waals surface area contributed by atoms with E-state index in [2.05, 4.69) is 4.72 Å². The molecule has 0 aromatic carbocycles. The maximum atomic E-state index is 11.8. The Kier molecular flexibility index (Phi) is 3.95. The lowest BCUT2D eigenvalue weighted by Crippen LogP contribution is -2.61. The summed E-state index contributed by atoms with van der Waals surface area (Å²) in [4.78, 5) is 13.2. The fourth-order valence-corrected chi connectivity index (χ4v) is 3.96. The molecule has 1 amide bonds. The highest BCUT2D eigenvalue weighted by Gasteiger charge is 2.38. The maximum Gasteiger partial charge on any atom is 0.250 e. The van der Waals surface area contributed by atoms with Crippen molar-refractivity contribution in [2.45, 2.75) is 23.2 Å². The maximum absolute atomic E-state index is 11.8. The number of hydrogen-bond acceptors (Lipinski definition) is 5. The number of sulfonamides is 1. The van der Waals surface area contributed by atoms with E-state index in [0.717, 1.165) is 11.3 Å². The van der Waals surface area contributed by atoms with E-state index in [1.54, 1.807) is 18.4 Å². The van der Waals surface area contributed by atoms with Crippen LogP contribution in [0, 0.1) is 0 Å². The third-order valence-corrected chi connectivity index (χ3v) is 5.67. The van der Waals surface area contributed by atoms with E-state index in [-0.39, 0.29) is 23.1 Å². The monoisotopic (exact) mass is 304 g/mol. The molecule has 8 heteroatoms. The molecule has 0 radical (unpaired) electrons. The third kappa shape index (κ3) is 3.53. The fraction of sp³-hybridized carbons (Fsp3) is 0.545. The van der Waals surface area contributed by atoms with Crippen molar-refractivity contribution in [3.63, 3.8) is 0 Å². The van der Waals surface area contributed by atoms with Gasteiger partial charge in [0.1, 0.15) is 4.21 Å². The number of nitrogens with one attached hydrogen (secondary N) is 1. The molecule has 2 heterocycles. The second-order valence-corrected chi connectivity index (χ2v) is 7.77. The number of rotatable bonds is 5. The third-order valence-electron chi connectivity index (χ3n) is 2.81. The molecule has 19 heavy (non-hydrogen) atoms. The highest BCUT2D eigenvalue weighted by atomic mass is 32.2. The van der Waals surface area contributed by atoms with Gasteiger partial charge in [-0.15, -0.1) is 11.3 Å². The Hall–Kier alpha value is -0.960. The average molecular weight is 304 g/mol. The van der Waals surface area contributed by atoms with E-state index in [4.69, 9.17) is 0 Å². The summed E-state index contributed by atoms with van der Waals surface area (Å²) in [6, 6.07) is 3.17. The Morgan fingerprint density at radius 2 is 2.26 bits per heavy atom. The van der Waals surface area contributed by atoms with Crippen molar-refractivity contribution < 1.29 is 18.3 Å². The number of carbonyl (C=O) groups is 1. The van der Waals surface area contributed by atoms with Gasteiger partial charge in [0.05, 0.1) is 18.7 Å². The van der Waals surface area contributed by atoms with Crippen LogP contribution in [0.2, 0.25) is 0 Å². The zero-order valence-corrected chi connectivity index (χ0v) is 12.1. The molecule has 0 bridgehead atoms. The lowest BCUT2D eigenvalue weighted by molar-refractivity contribution is -0.152. The predicted molar refractivity (Wildman–Crippen MR) is 71.3 cm³/mol. The van der Waals surface area contributed by atoms with Crippen molar-refractivity contribution in [1.82, 2.24) is 9.62 Å². The molecular weight excluding hydrogens is 288 g/mol.